The number of carbonyl (C=O) groups is 1. The highest BCUT2D eigenvalue weighted by molar-refractivity contribution is 7.93. The molecule has 0 bridgehead atoms. The number of hydrogen-bond donors (Lipinski definition) is 0. The predicted molar refractivity (Wildman–Crippen MR) is 185 cm³/mol. The molecule has 50 heavy (non-hydrogen) atoms. The minimum Gasteiger partial charge on any atom is -0.382 e. The molecule has 0 N–H and O–H groups in total. The van der Waals surface area contributed by atoms with E-state index in [1.54, 1.807) is 36.9 Å². The second kappa shape index (κ2) is 15.7. The lowest BCUT2D eigenvalue weighted by Gasteiger charge is -2.25. The lowest BCUT2D eigenvalue weighted by Crippen LogP contribution is -2.40. The van der Waals surface area contributed by atoms with Gasteiger partial charge in [0.15, 0.2) is 0 Å². The summed E-state index contributed by atoms with van der Waals surface area (Å²) in [7, 11) is -2.75. The largest absolute Gasteiger partial charge is 0.382 e. The molecule has 1 aliphatic heterocycles. The molecule has 1 aromatic heterocycles. The Kier molecular flexibility index (Phi) is 11.8. The molecular weight excluding hydrogens is 670 g/mol. The highest BCUT2D eigenvalue weighted by Crippen LogP contribution is 2.41. The van der Waals surface area contributed by atoms with Gasteiger partial charge in [-0.15, -0.1) is 0 Å². The number of aryl methyl sites for hydroxylation is 1. The number of hydrogen-bond acceptors (Lipinski definition) is 9. The molecule has 0 unspecified atom stereocenters. The van der Waals surface area contributed by atoms with E-state index in [1.807, 2.05) is 25.1 Å². The van der Waals surface area contributed by atoms with Crippen LogP contribution >= 0.6 is 0 Å². The van der Waals surface area contributed by atoms with Gasteiger partial charge in [-0.3, -0.25) is 14.7 Å². The van der Waals surface area contributed by atoms with Crippen LogP contribution < -0.4 is 4.31 Å². The molecule has 1 saturated carbocycles. The fourth-order valence-corrected chi connectivity index (χ4v) is 7.96. The Bertz CT molecular complexity index is 1800. The molecule has 5 rings (SSSR count). The van der Waals surface area contributed by atoms with Crippen molar-refractivity contribution in [3.8, 4) is 11.1 Å². The number of sulfonamides is 1. The third-order valence-electron chi connectivity index (χ3n) is 9.23. The monoisotopic (exact) mass is 716 g/mol. The van der Waals surface area contributed by atoms with Crippen LogP contribution in [0.1, 0.15) is 74.8 Å². The zero-order chi connectivity index (χ0) is 36.1. The van der Waals surface area contributed by atoms with E-state index >= 15 is 0 Å². The first-order chi connectivity index (χ1) is 23.8. The molecule has 3 aromatic rings. The maximum absolute atomic E-state index is 14.5. The predicted octanol–water partition coefficient (Wildman–Crippen LogP) is 6.80. The number of ether oxygens (including phenoxy) is 3. The van der Waals surface area contributed by atoms with Crippen molar-refractivity contribution in [2.24, 2.45) is 4.99 Å². The van der Waals surface area contributed by atoms with Crippen LogP contribution in [0, 0.1) is 13.8 Å². The average molecular weight is 717 g/mol. The van der Waals surface area contributed by atoms with Crippen LogP contribution in [0.2, 0.25) is 0 Å². The maximum Gasteiger partial charge on any atom is 0.269 e. The topological polar surface area (TPSA) is 124 Å². The van der Waals surface area contributed by atoms with Gasteiger partial charge in [-0.1, -0.05) is 54.4 Å². The number of benzene rings is 2. The molecule has 11 nitrogen and oxygen atoms in total. The van der Waals surface area contributed by atoms with Gasteiger partial charge in [0.25, 0.3) is 15.9 Å². The Hall–Kier alpha value is -3.72. The number of halogens is 2. The van der Waals surface area contributed by atoms with Crippen molar-refractivity contribution in [1.82, 2.24) is 10.1 Å². The van der Waals surface area contributed by atoms with Crippen LogP contribution in [0.4, 0.5) is 14.7 Å². The Morgan fingerprint density at radius 2 is 1.80 bits per heavy atom. The molecule has 2 heterocycles. The summed E-state index contributed by atoms with van der Waals surface area (Å²) in [5.74, 6) is -2.61. The lowest BCUT2D eigenvalue weighted by molar-refractivity contribution is -0.131. The van der Waals surface area contributed by atoms with Gasteiger partial charge in [-0.2, -0.15) is 0 Å². The van der Waals surface area contributed by atoms with Crippen LogP contribution in [0.15, 0.2) is 56.9 Å². The average Bonchev–Trinajstić information content (AvgIpc) is 3.77. The molecule has 0 radical (unpaired) electrons. The highest BCUT2D eigenvalue weighted by Gasteiger charge is 2.49. The van der Waals surface area contributed by atoms with Gasteiger partial charge >= 0.3 is 0 Å². The van der Waals surface area contributed by atoms with E-state index in [1.165, 1.54) is 13.2 Å². The Morgan fingerprint density at radius 1 is 1.06 bits per heavy atom. The standard InChI is InChI=1S/C36H46F2N4O7S/c1-6-47-23-28-21-27(22-41-32(15-18-35(4,37)38)39-36(34(41)43)16-9-10-17-36)13-14-29(28)30-11-7-8-12-31(30)50(44,45)42(24-48-20-19-46-5)33-25(2)26(3)40-49-33/h7-8,11-14,21H,6,9-10,15-20,22-24H2,1-5H3. The first-order valence-electron chi connectivity index (χ1n) is 16.9. The van der Waals surface area contributed by atoms with E-state index in [2.05, 4.69) is 5.16 Å². The summed E-state index contributed by atoms with van der Waals surface area (Å²) in [6.45, 7) is 7.01. The van der Waals surface area contributed by atoms with Crippen LogP contribution in [0.5, 0.6) is 0 Å². The third-order valence-corrected chi connectivity index (χ3v) is 11.0. The molecule has 14 heteroatoms. The van der Waals surface area contributed by atoms with E-state index in [0.29, 0.717) is 53.2 Å². The maximum atomic E-state index is 14.5. The number of carbonyl (C=O) groups excluding carboxylic acids is 1. The number of aromatic nitrogens is 1. The molecule has 0 atom stereocenters. The van der Waals surface area contributed by atoms with E-state index in [-0.39, 0.29) is 56.2 Å². The van der Waals surface area contributed by atoms with Crippen molar-refractivity contribution in [3.05, 3.63) is 64.8 Å². The van der Waals surface area contributed by atoms with Crippen LogP contribution in [0.25, 0.3) is 11.1 Å². The van der Waals surface area contributed by atoms with Crippen LogP contribution in [0.3, 0.4) is 0 Å². The summed E-state index contributed by atoms with van der Waals surface area (Å²) >= 11 is 0. The molecule has 1 amide bonds. The van der Waals surface area contributed by atoms with Gasteiger partial charge < -0.3 is 18.7 Å². The van der Waals surface area contributed by atoms with Gasteiger partial charge in [-0.25, -0.2) is 21.5 Å². The molecular formula is C36H46F2N4O7S. The van der Waals surface area contributed by atoms with Gasteiger partial charge in [0.05, 0.1) is 37.0 Å². The summed E-state index contributed by atoms with van der Waals surface area (Å²) in [6, 6.07) is 12.2. The zero-order valence-electron chi connectivity index (χ0n) is 29.3. The minimum atomic E-state index is -4.28. The highest BCUT2D eigenvalue weighted by atomic mass is 32.2. The molecule has 1 aliphatic carbocycles. The number of amidine groups is 1. The fourth-order valence-electron chi connectivity index (χ4n) is 6.41. The molecule has 272 valence electrons. The second-order valence-electron chi connectivity index (χ2n) is 12.9. The summed E-state index contributed by atoms with van der Waals surface area (Å²) < 4.78 is 79.9. The quantitative estimate of drug-likeness (QED) is 0.110. The Morgan fingerprint density at radius 3 is 2.46 bits per heavy atom. The van der Waals surface area contributed by atoms with Crippen molar-refractivity contribution in [2.75, 3.05) is 38.0 Å². The number of amides is 1. The van der Waals surface area contributed by atoms with Crippen molar-refractivity contribution < 1.29 is 40.7 Å². The minimum absolute atomic E-state index is 0.0119. The van der Waals surface area contributed by atoms with Crippen molar-refractivity contribution >= 4 is 27.7 Å². The van der Waals surface area contributed by atoms with E-state index in [9.17, 15) is 22.0 Å². The van der Waals surface area contributed by atoms with Crippen LogP contribution in [-0.2, 0) is 42.2 Å². The Balaban J connectivity index is 1.52. The second-order valence-corrected chi connectivity index (χ2v) is 14.8. The summed E-state index contributed by atoms with van der Waals surface area (Å²) in [4.78, 5) is 20.1. The first kappa shape index (κ1) is 37.5. The number of nitrogens with zero attached hydrogens (tertiary/aromatic N) is 4. The van der Waals surface area contributed by atoms with Gasteiger partial charge in [0.1, 0.15) is 18.1 Å². The normalized spacial score (nSPS) is 16.1. The van der Waals surface area contributed by atoms with E-state index in [0.717, 1.165) is 29.6 Å². The smallest absolute Gasteiger partial charge is 0.269 e. The van der Waals surface area contributed by atoms with Gasteiger partial charge in [-0.05, 0) is 63.3 Å². The van der Waals surface area contributed by atoms with Gasteiger partial charge in [0, 0.05) is 37.7 Å². The fraction of sp³-hybridized carbons (Fsp3) is 0.528. The number of aliphatic imine (C=N–C) groups is 1. The number of rotatable bonds is 17. The summed E-state index contributed by atoms with van der Waals surface area (Å²) in [5.41, 5.74) is 2.72. The molecule has 1 fully saturated rings. The Labute approximate surface area is 292 Å². The number of methoxy groups -OCH3 is 1. The number of anilines is 1. The molecule has 1 spiro atoms. The lowest BCUT2D eigenvalue weighted by atomic mass is 9.96. The number of alkyl halides is 2. The van der Waals surface area contributed by atoms with Crippen molar-refractivity contribution in [1.29, 1.82) is 0 Å². The SMILES string of the molecule is CCOCc1cc(CN2C(=O)C3(CCCC3)N=C2CCC(C)(F)F)ccc1-c1ccccc1S(=O)(=O)N(COCCOC)c1onc(C)c1C. The first-order valence-corrected chi connectivity index (χ1v) is 18.3. The summed E-state index contributed by atoms with van der Waals surface area (Å²) in [5, 5.41) is 3.97. The van der Waals surface area contributed by atoms with E-state index < -0.39 is 27.9 Å². The molecule has 0 saturated heterocycles. The third kappa shape index (κ3) is 8.09. The van der Waals surface area contributed by atoms with E-state index in [4.69, 9.17) is 23.7 Å². The van der Waals surface area contributed by atoms with Crippen molar-refractivity contribution in [3.63, 3.8) is 0 Å². The zero-order valence-corrected chi connectivity index (χ0v) is 30.2. The van der Waals surface area contributed by atoms with Crippen LogP contribution in [-0.4, -0.2) is 75.3 Å². The van der Waals surface area contributed by atoms with Gasteiger partial charge in [0.2, 0.25) is 11.8 Å². The van der Waals surface area contributed by atoms with Crippen molar-refractivity contribution in [2.45, 2.75) is 95.7 Å². The molecule has 2 aliphatic rings. The summed E-state index contributed by atoms with van der Waals surface area (Å²) in [6.07, 6.45) is 2.52. The molecule has 2 aromatic carbocycles.